The molecule has 0 saturated carbocycles. The van der Waals surface area contributed by atoms with Crippen LogP contribution in [0, 0.1) is 5.92 Å². The first kappa shape index (κ1) is 19.9. The molecule has 1 aliphatic heterocycles. The molecule has 2 aromatic rings. The number of fused-ring (bicyclic) bond motifs is 1. The summed E-state index contributed by atoms with van der Waals surface area (Å²) in [6.07, 6.45) is 0.858. The lowest BCUT2D eigenvalue weighted by atomic mass is 9.95. The molecule has 0 fully saturated rings. The first-order chi connectivity index (χ1) is 13.6. The quantitative estimate of drug-likeness (QED) is 0.786. The largest absolute Gasteiger partial charge is 0.497 e. The van der Waals surface area contributed by atoms with Crippen LogP contribution in [0.5, 0.6) is 23.0 Å². The molecule has 3 rings (SSSR count). The van der Waals surface area contributed by atoms with E-state index in [1.165, 1.54) is 0 Å². The summed E-state index contributed by atoms with van der Waals surface area (Å²) >= 11 is 0. The standard InChI is InChI=1S/C22H27NO5/c1-15(2)22(16-5-10-19-20(13-16)27-12-4-11-26-19)23-21(24)14-28-18-8-6-17(25-3)7-9-18/h5-10,13,15,22H,4,11-12,14H2,1-3H3,(H,23,24). The Morgan fingerprint density at radius 3 is 2.39 bits per heavy atom. The molecule has 1 unspecified atom stereocenters. The van der Waals surface area contributed by atoms with Crippen LogP contribution in [0.4, 0.5) is 0 Å². The number of rotatable bonds is 7. The van der Waals surface area contributed by atoms with Gasteiger partial charge >= 0.3 is 0 Å². The van der Waals surface area contributed by atoms with Crippen molar-refractivity contribution < 1.29 is 23.7 Å². The van der Waals surface area contributed by atoms with Crippen molar-refractivity contribution in [2.24, 2.45) is 5.92 Å². The number of nitrogens with one attached hydrogen (secondary N) is 1. The van der Waals surface area contributed by atoms with Gasteiger partial charge in [0.25, 0.3) is 5.91 Å². The van der Waals surface area contributed by atoms with Crippen LogP contribution >= 0.6 is 0 Å². The molecule has 0 bridgehead atoms. The van der Waals surface area contributed by atoms with Gasteiger partial charge in [0.2, 0.25) is 0 Å². The van der Waals surface area contributed by atoms with E-state index in [0.717, 1.165) is 29.2 Å². The van der Waals surface area contributed by atoms with Crippen molar-refractivity contribution >= 4 is 5.91 Å². The van der Waals surface area contributed by atoms with Crippen molar-refractivity contribution in [2.45, 2.75) is 26.3 Å². The lowest BCUT2D eigenvalue weighted by Gasteiger charge is -2.24. The molecule has 6 heteroatoms. The summed E-state index contributed by atoms with van der Waals surface area (Å²) in [7, 11) is 1.61. The van der Waals surface area contributed by atoms with Crippen LogP contribution in [0.3, 0.4) is 0 Å². The zero-order valence-electron chi connectivity index (χ0n) is 16.6. The Hall–Kier alpha value is -2.89. The third kappa shape index (κ3) is 5.09. The van der Waals surface area contributed by atoms with Gasteiger partial charge in [-0.05, 0) is 47.9 Å². The van der Waals surface area contributed by atoms with Crippen LogP contribution in [0.15, 0.2) is 42.5 Å². The molecule has 0 radical (unpaired) electrons. The molecule has 1 N–H and O–H groups in total. The number of amides is 1. The van der Waals surface area contributed by atoms with Gasteiger partial charge in [-0.25, -0.2) is 0 Å². The fourth-order valence-corrected chi connectivity index (χ4v) is 3.04. The van der Waals surface area contributed by atoms with Crippen LogP contribution < -0.4 is 24.3 Å². The number of ether oxygens (including phenoxy) is 4. The summed E-state index contributed by atoms with van der Waals surface area (Å²) in [6.45, 7) is 5.36. The second-order valence-electron chi connectivity index (χ2n) is 7.01. The van der Waals surface area contributed by atoms with E-state index in [-0.39, 0.29) is 24.5 Å². The topological polar surface area (TPSA) is 66.0 Å². The smallest absolute Gasteiger partial charge is 0.258 e. The molecule has 1 aliphatic rings. The maximum atomic E-state index is 12.5. The molecule has 1 amide bonds. The molecule has 28 heavy (non-hydrogen) atoms. The highest BCUT2D eigenvalue weighted by Gasteiger charge is 2.21. The van der Waals surface area contributed by atoms with Crippen molar-refractivity contribution in [3.8, 4) is 23.0 Å². The second-order valence-corrected chi connectivity index (χ2v) is 7.01. The van der Waals surface area contributed by atoms with Gasteiger partial charge in [-0.3, -0.25) is 4.79 Å². The molecular formula is C22H27NO5. The van der Waals surface area contributed by atoms with Gasteiger partial charge in [0.05, 0.1) is 26.4 Å². The minimum Gasteiger partial charge on any atom is -0.497 e. The summed E-state index contributed by atoms with van der Waals surface area (Å²) in [6, 6.07) is 12.8. The van der Waals surface area contributed by atoms with Gasteiger partial charge < -0.3 is 24.3 Å². The molecule has 0 spiro atoms. The summed E-state index contributed by atoms with van der Waals surface area (Å²) in [5, 5.41) is 3.06. The van der Waals surface area contributed by atoms with E-state index in [1.807, 2.05) is 18.2 Å². The van der Waals surface area contributed by atoms with Crippen LogP contribution in [0.25, 0.3) is 0 Å². The Labute approximate surface area is 165 Å². The van der Waals surface area contributed by atoms with Gasteiger partial charge in [0.15, 0.2) is 18.1 Å². The number of benzene rings is 2. The summed E-state index contributed by atoms with van der Waals surface area (Å²) in [4.78, 5) is 12.5. The average molecular weight is 385 g/mol. The Morgan fingerprint density at radius 1 is 1.04 bits per heavy atom. The Morgan fingerprint density at radius 2 is 1.71 bits per heavy atom. The van der Waals surface area contributed by atoms with Gasteiger partial charge in [-0.2, -0.15) is 0 Å². The average Bonchev–Trinajstić information content (AvgIpc) is 2.95. The molecule has 1 heterocycles. The van der Waals surface area contributed by atoms with Crippen LogP contribution in [-0.2, 0) is 4.79 Å². The minimum absolute atomic E-state index is 0.0555. The fraction of sp³-hybridized carbons (Fsp3) is 0.409. The van der Waals surface area contributed by atoms with E-state index in [4.69, 9.17) is 18.9 Å². The molecule has 1 atom stereocenters. The molecule has 0 aliphatic carbocycles. The normalized spacial score (nSPS) is 14.1. The van der Waals surface area contributed by atoms with Gasteiger partial charge in [0.1, 0.15) is 11.5 Å². The van der Waals surface area contributed by atoms with Crippen LogP contribution in [0.2, 0.25) is 0 Å². The van der Waals surface area contributed by atoms with Crippen molar-refractivity contribution in [3.05, 3.63) is 48.0 Å². The lowest BCUT2D eigenvalue weighted by molar-refractivity contribution is -0.124. The predicted octanol–water partition coefficient (Wildman–Crippen LogP) is 3.75. The molecule has 150 valence electrons. The first-order valence-corrected chi connectivity index (χ1v) is 9.52. The number of methoxy groups -OCH3 is 1. The Bertz CT molecular complexity index is 788. The fourth-order valence-electron chi connectivity index (χ4n) is 3.04. The number of carbonyl (C=O) groups is 1. The van der Waals surface area contributed by atoms with Crippen LogP contribution in [0.1, 0.15) is 31.9 Å². The highest BCUT2D eigenvalue weighted by atomic mass is 16.5. The van der Waals surface area contributed by atoms with E-state index in [1.54, 1.807) is 31.4 Å². The summed E-state index contributed by atoms with van der Waals surface area (Å²) in [5.74, 6) is 2.86. The van der Waals surface area contributed by atoms with Gasteiger partial charge in [0, 0.05) is 6.42 Å². The maximum absolute atomic E-state index is 12.5. The van der Waals surface area contributed by atoms with Crippen molar-refractivity contribution in [2.75, 3.05) is 26.9 Å². The second kappa shape index (κ2) is 9.35. The Balaban J connectivity index is 1.63. The third-order valence-corrected chi connectivity index (χ3v) is 4.54. The molecular weight excluding hydrogens is 358 g/mol. The zero-order chi connectivity index (χ0) is 19.9. The zero-order valence-corrected chi connectivity index (χ0v) is 16.6. The van der Waals surface area contributed by atoms with E-state index < -0.39 is 0 Å². The molecule has 6 nitrogen and oxygen atoms in total. The minimum atomic E-state index is -0.179. The number of hydrogen-bond donors (Lipinski definition) is 1. The number of hydrogen-bond acceptors (Lipinski definition) is 5. The monoisotopic (exact) mass is 385 g/mol. The highest BCUT2D eigenvalue weighted by Crippen LogP contribution is 2.34. The van der Waals surface area contributed by atoms with Gasteiger partial charge in [-0.15, -0.1) is 0 Å². The molecule has 2 aromatic carbocycles. The van der Waals surface area contributed by atoms with Gasteiger partial charge in [-0.1, -0.05) is 19.9 Å². The van der Waals surface area contributed by atoms with Crippen LogP contribution in [-0.4, -0.2) is 32.8 Å². The number of carbonyl (C=O) groups excluding carboxylic acids is 1. The van der Waals surface area contributed by atoms with E-state index in [2.05, 4.69) is 19.2 Å². The van der Waals surface area contributed by atoms with E-state index >= 15 is 0 Å². The third-order valence-electron chi connectivity index (χ3n) is 4.54. The SMILES string of the molecule is COc1ccc(OCC(=O)NC(c2ccc3c(c2)OCCCO3)C(C)C)cc1. The van der Waals surface area contributed by atoms with Crippen molar-refractivity contribution in [3.63, 3.8) is 0 Å². The lowest BCUT2D eigenvalue weighted by Crippen LogP contribution is -2.35. The Kier molecular flexibility index (Phi) is 6.63. The van der Waals surface area contributed by atoms with Crippen molar-refractivity contribution in [1.82, 2.24) is 5.32 Å². The predicted molar refractivity (Wildman–Crippen MR) is 106 cm³/mol. The molecule has 0 saturated heterocycles. The molecule has 0 aromatic heterocycles. The van der Waals surface area contributed by atoms with E-state index in [0.29, 0.717) is 19.0 Å². The van der Waals surface area contributed by atoms with Crippen molar-refractivity contribution in [1.29, 1.82) is 0 Å². The van der Waals surface area contributed by atoms with E-state index in [9.17, 15) is 4.79 Å². The highest BCUT2D eigenvalue weighted by molar-refractivity contribution is 5.78. The first-order valence-electron chi connectivity index (χ1n) is 9.52. The maximum Gasteiger partial charge on any atom is 0.258 e. The summed E-state index contributed by atoms with van der Waals surface area (Å²) in [5.41, 5.74) is 0.983. The summed E-state index contributed by atoms with van der Waals surface area (Å²) < 4.78 is 22.2.